The summed E-state index contributed by atoms with van der Waals surface area (Å²) in [6, 6.07) is 11.7. The molecule has 2 nitrogen and oxygen atoms in total. The number of methoxy groups -OCH3 is 1. The highest BCUT2D eigenvalue weighted by molar-refractivity contribution is 6.91. The summed E-state index contributed by atoms with van der Waals surface area (Å²) >= 11 is 0. The van der Waals surface area contributed by atoms with Crippen molar-refractivity contribution in [3.05, 3.63) is 29.8 Å². The minimum absolute atomic E-state index is 0.238. The summed E-state index contributed by atoms with van der Waals surface area (Å²) in [4.78, 5) is 11.6. The molecule has 0 spiro atoms. The molecular weight excluding hydrogens is 228 g/mol. The third-order valence-corrected chi connectivity index (χ3v) is 9.52. The molecule has 0 atom stereocenters. The van der Waals surface area contributed by atoms with Crippen LogP contribution in [-0.2, 0) is 4.74 Å². The van der Waals surface area contributed by atoms with Gasteiger partial charge in [-0.2, -0.15) is 0 Å². The van der Waals surface area contributed by atoms with E-state index in [9.17, 15) is 4.79 Å². The van der Waals surface area contributed by atoms with Crippen LogP contribution in [0.1, 0.15) is 31.1 Å². The van der Waals surface area contributed by atoms with Gasteiger partial charge in [0.25, 0.3) is 0 Å². The smallest absolute Gasteiger partial charge is 0.337 e. The van der Waals surface area contributed by atoms with Crippen molar-refractivity contribution in [3.8, 4) is 0 Å². The Hall–Kier alpha value is -1.09. The second kappa shape index (κ2) is 6.01. The van der Waals surface area contributed by atoms with Crippen molar-refractivity contribution in [3.63, 3.8) is 0 Å². The standard InChI is InChI=1S/C14H22O2Si/c1-5-17(6-2,7-3)13-10-8-9-12(11-13)14(15)16-4/h8-11H,5-7H2,1-4H3. The second-order valence-corrected chi connectivity index (χ2v) is 9.67. The zero-order chi connectivity index (χ0) is 12.9. The fourth-order valence-corrected chi connectivity index (χ4v) is 6.09. The maximum Gasteiger partial charge on any atom is 0.337 e. The van der Waals surface area contributed by atoms with Gasteiger partial charge >= 0.3 is 5.97 Å². The van der Waals surface area contributed by atoms with Gasteiger partial charge < -0.3 is 4.74 Å². The van der Waals surface area contributed by atoms with Gasteiger partial charge in [-0.25, -0.2) is 4.79 Å². The Kier molecular flexibility index (Phi) is 4.94. The molecule has 0 unspecified atom stereocenters. The Morgan fingerprint density at radius 3 is 2.24 bits per heavy atom. The van der Waals surface area contributed by atoms with Gasteiger partial charge in [-0.1, -0.05) is 56.2 Å². The maximum absolute atomic E-state index is 11.6. The second-order valence-electron chi connectivity index (χ2n) is 4.41. The van der Waals surface area contributed by atoms with Crippen molar-refractivity contribution >= 4 is 19.2 Å². The van der Waals surface area contributed by atoms with Gasteiger partial charge in [-0.15, -0.1) is 0 Å². The molecule has 0 bridgehead atoms. The first kappa shape index (κ1) is 14.0. The molecular formula is C14H22O2Si. The van der Waals surface area contributed by atoms with Crippen LogP contribution in [0.25, 0.3) is 0 Å². The first-order valence-corrected chi connectivity index (χ1v) is 8.94. The van der Waals surface area contributed by atoms with Gasteiger partial charge in [0, 0.05) is 0 Å². The van der Waals surface area contributed by atoms with Gasteiger partial charge in [0.2, 0.25) is 0 Å². The molecule has 0 amide bonds. The van der Waals surface area contributed by atoms with Crippen LogP contribution >= 0.6 is 0 Å². The Morgan fingerprint density at radius 2 is 1.76 bits per heavy atom. The molecule has 0 aromatic heterocycles. The summed E-state index contributed by atoms with van der Waals surface area (Å²) in [7, 11) is 0.0384. The molecule has 0 aliphatic rings. The first-order valence-electron chi connectivity index (χ1n) is 6.32. The molecule has 17 heavy (non-hydrogen) atoms. The maximum atomic E-state index is 11.6. The van der Waals surface area contributed by atoms with E-state index >= 15 is 0 Å². The summed E-state index contributed by atoms with van der Waals surface area (Å²) in [5.41, 5.74) is 0.678. The van der Waals surface area contributed by atoms with Crippen LogP contribution in [0.15, 0.2) is 24.3 Å². The normalized spacial score (nSPS) is 11.3. The van der Waals surface area contributed by atoms with E-state index in [1.165, 1.54) is 30.4 Å². The van der Waals surface area contributed by atoms with E-state index in [1.807, 2.05) is 18.2 Å². The van der Waals surface area contributed by atoms with Gasteiger partial charge in [0.1, 0.15) is 0 Å². The van der Waals surface area contributed by atoms with Crippen molar-refractivity contribution in [2.45, 2.75) is 38.9 Å². The van der Waals surface area contributed by atoms with Crippen molar-refractivity contribution < 1.29 is 9.53 Å². The van der Waals surface area contributed by atoms with Gasteiger partial charge in [-0.3, -0.25) is 0 Å². The van der Waals surface area contributed by atoms with Crippen LogP contribution in [-0.4, -0.2) is 21.2 Å². The SMILES string of the molecule is CC[Si](CC)(CC)c1cccc(C(=O)OC)c1. The summed E-state index contributed by atoms with van der Waals surface area (Å²) in [5, 5.41) is 1.38. The van der Waals surface area contributed by atoms with Crippen molar-refractivity contribution in [2.24, 2.45) is 0 Å². The number of carbonyl (C=O) groups is 1. The molecule has 0 heterocycles. The molecule has 0 fully saturated rings. The minimum Gasteiger partial charge on any atom is -0.465 e. The van der Waals surface area contributed by atoms with E-state index < -0.39 is 8.07 Å². The molecule has 0 saturated heterocycles. The van der Waals surface area contributed by atoms with Crippen LogP contribution < -0.4 is 5.19 Å². The first-order chi connectivity index (χ1) is 8.13. The summed E-state index contributed by atoms with van der Waals surface area (Å²) in [6.45, 7) is 6.80. The number of esters is 1. The van der Waals surface area contributed by atoms with Crippen molar-refractivity contribution in [2.75, 3.05) is 7.11 Å². The number of hydrogen-bond donors (Lipinski definition) is 0. The van der Waals surface area contributed by atoms with E-state index in [0.717, 1.165) is 0 Å². The Balaban J connectivity index is 3.17. The third-order valence-electron chi connectivity index (χ3n) is 3.93. The predicted octanol–water partition coefficient (Wildman–Crippen LogP) is 3.19. The Labute approximate surface area is 105 Å². The summed E-state index contributed by atoms with van der Waals surface area (Å²) < 4.78 is 4.78. The average molecular weight is 250 g/mol. The van der Waals surface area contributed by atoms with Crippen molar-refractivity contribution in [1.82, 2.24) is 0 Å². The average Bonchev–Trinajstić information content (AvgIpc) is 2.41. The number of carbonyl (C=O) groups excluding carboxylic acids is 1. The fourth-order valence-electron chi connectivity index (χ4n) is 2.46. The molecule has 0 aliphatic carbocycles. The lowest BCUT2D eigenvalue weighted by atomic mass is 10.2. The van der Waals surface area contributed by atoms with Crippen LogP contribution in [0.4, 0.5) is 0 Å². The molecule has 1 rings (SSSR count). The van der Waals surface area contributed by atoms with E-state index in [-0.39, 0.29) is 5.97 Å². The zero-order valence-electron chi connectivity index (χ0n) is 11.2. The molecule has 0 saturated carbocycles. The zero-order valence-corrected chi connectivity index (χ0v) is 12.2. The van der Waals surface area contributed by atoms with Gasteiger partial charge in [0.15, 0.2) is 0 Å². The van der Waals surface area contributed by atoms with E-state index in [1.54, 1.807) is 0 Å². The van der Waals surface area contributed by atoms with Crippen LogP contribution in [0.3, 0.4) is 0 Å². The fraction of sp³-hybridized carbons (Fsp3) is 0.500. The monoisotopic (exact) mass is 250 g/mol. The molecule has 1 aromatic rings. The molecule has 1 aromatic carbocycles. The lowest BCUT2D eigenvalue weighted by molar-refractivity contribution is 0.0601. The van der Waals surface area contributed by atoms with Crippen LogP contribution in [0, 0.1) is 0 Å². The number of rotatable bonds is 5. The quantitative estimate of drug-likeness (QED) is 0.592. The van der Waals surface area contributed by atoms with Gasteiger partial charge in [-0.05, 0) is 12.1 Å². The molecule has 0 aliphatic heterocycles. The highest BCUT2D eigenvalue weighted by Crippen LogP contribution is 2.20. The highest BCUT2D eigenvalue weighted by atomic mass is 28.3. The van der Waals surface area contributed by atoms with E-state index in [0.29, 0.717) is 5.56 Å². The van der Waals surface area contributed by atoms with Crippen LogP contribution in [0.5, 0.6) is 0 Å². The Bertz CT molecular complexity index is 375. The summed E-state index contributed by atoms with van der Waals surface area (Å²) in [5.74, 6) is -0.238. The molecule has 3 heteroatoms. The topological polar surface area (TPSA) is 26.3 Å². The van der Waals surface area contributed by atoms with Crippen LogP contribution in [0.2, 0.25) is 18.1 Å². The van der Waals surface area contributed by atoms with Gasteiger partial charge in [0.05, 0.1) is 20.7 Å². The number of benzene rings is 1. The molecule has 94 valence electrons. The lowest BCUT2D eigenvalue weighted by Crippen LogP contribution is -2.45. The van der Waals surface area contributed by atoms with E-state index in [2.05, 4.69) is 26.8 Å². The molecule has 0 N–H and O–H groups in total. The third kappa shape index (κ3) is 2.78. The van der Waals surface area contributed by atoms with Crippen molar-refractivity contribution in [1.29, 1.82) is 0 Å². The predicted molar refractivity (Wildman–Crippen MR) is 74.6 cm³/mol. The minimum atomic E-state index is -1.39. The largest absolute Gasteiger partial charge is 0.465 e. The number of hydrogen-bond acceptors (Lipinski definition) is 2. The molecule has 0 radical (unpaired) electrons. The number of ether oxygens (including phenoxy) is 1. The van der Waals surface area contributed by atoms with E-state index in [4.69, 9.17) is 4.74 Å². The lowest BCUT2D eigenvalue weighted by Gasteiger charge is -2.28. The Morgan fingerprint density at radius 1 is 1.18 bits per heavy atom. The highest BCUT2D eigenvalue weighted by Gasteiger charge is 2.29. The summed E-state index contributed by atoms with van der Waals surface area (Å²) in [6.07, 6.45) is 0.